The number of amides is 1. The number of para-hydroxylation sites is 1. The van der Waals surface area contributed by atoms with E-state index < -0.39 is 5.97 Å². The number of anilines is 1. The Labute approximate surface area is 162 Å². The molecule has 2 aromatic carbocycles. The van der Waals surface area contributed by atoms with E-state index in [0.717, 1.165) is 10.2 Å². The number of hydrogen-bond donors (Lipinski definition) is 0. The van der Waals surface area contributed by atoms with Gasteiger partial charge in [-0.05, 0) is 38.4 Å². The van der Waals surface area contributed by atoms with Gasteiger partial charge in [-0.3, -0.25) is 9.69 Å². The first-order valence-electron chi connectivity index (χ1n) is 8.50. The Bertz CT molecular complexity index is 935. The second-order valence-corrected chi connectivity index (χ2v) is 7.27. The number of likely N-dealkylation sites (N-methyl/N-ethyl adjacent to an activating group) is 1. The molecule has 0 bridgehead atoms. The first-order chi connectivity index (χ1) is 13.0. The van der Waals surface area contributed by atoms with Crippen LogP contribution in [0.4, 0.5) is 5.13 Å². The summed E-state index contributed by atoms with van der Waals surface area (Å²) in [6, 6.07) is 14.5. The number of methoxy groups -OCH3 is 1. The van der Waals surface area contributed by atoms with Crippen molar-refractivity contribution >= 4 is 38.6 Å². The van der Waals surface area contributed by atoms with Crippen molar-refractivity contribution < 1.29 is 14.3 Å². The quantitative estimate of drug-likeness (QED) is 0.611. The van der Waals surface area contributed by atoms with Gasteiger partial charge in [0.15, 0.2) is 5.13 Å². The van der Waals surface area contributed by atoms with Crippen molar-refractivity contribution in [2.45, 2.75) is 0 Å². The lowest BCUT2D eigenvalue weighted by atomic mass is 10.1. The van der Waals surface area contributed by atoms with Crippen molar-refractivity contribution in [3.8, 4) is 0 Å². The monoisotopic (exact) mass is 383 g/mol. The summed E-state index contributed by atoms with van der Waals surface area (Å²) in [4.78, 5) is 33.7. The second-order valence-electron chi connectivity index (χ2n) is 6.26. The van der Waals surface area contributed by atoms with Gasteiger partial charge >= 0.3 is 5.97 Å². The van der Waals surface area contributed by atoms with Gasteiger partial charge in [0, 0.05) is 13.1 Å². The predicted octanol–water partition coefficient (Wildman–Crippen LogP) is 3.29. The molecule has 0 N–H and O–H groups in total. The topological polar surface area (TPSA) is 62.7 Å². The molecular weight excluding hydrogens is 362 g/mol. The molecule has 3 aromatic rings. The molecule has 27 heavy (non-hydrogen) atoms. The smallest absolute Gasteiger partial charge is 0.338 e. The Kier molecular flexibility index (Phi) is 5.83. The molecule has 0 spiro atoms. The van der Waals surface area contributed by atoms with Gasteiger partial charge in [-0.15, -0.1) is 0 Å². The molecule has 3 rings (SSSR count). The summed E-state index contributed by atoms with van der Waals surface area (Å²) in [6.45, 7) is 1.13. The van der Waals surface area contributed by atoms with Crippen LogP contribution in [0.1, 0.15) is 20.7 Å². The third-order valence-electron chi connectivity index (χ3n) is 4.09. The maximum atomic E-state index is 13.3. The van der Waals surface area contributed by atoms with Crippen LogP contribution in [0.25, 0.3) is 10.2 Å². The lowest BCUT2D eigenvalue weighted by molar-refractivity contribution is 0.0597. The van der Waals surface area contributed by atoms with E-state index in [0.29, 0.717) is 23.8 Å². The number of hydrogen-bond acceptors (Lipinski definition) is 6. The van der Waals surface area contributed by atoms with Crippen LogP contribution in [0, 0.1) is 0 Å². The van der Waals surface area contributed by atoms with E-state index in [-0.39, 0.29) is 11.5 Å². The summed E-state index contributed by atoms with van der Waals surface area (Å²) in [5.74, 6) is -0.798. The van der Waals surface area contributed by atoms with Crippen LogP contribution >= 0.6 is 11.3 Å². The fourth-order valence-corrected chi connectivity index (χ4v) is 3.65. The van der Waals surface area contributed by atoms with Crippen LogP contribution in [-0.2, 0) is 4.74 Å². The van der Waals surface area contributed by atoms with E-state index in [4.69, 9.17) is 4.74 Å². The number of aromatic nitrogens is 1. The van der Waals surface area contributed by atoms with E-state index in [1.54, 1.807) is 29.2 Å². The highest BCUT2D eigenvalue weighted by molar-refractivity contribution is 7.22. The molecule has 140 valence electrons. The molecule has 6 nitrogen and oxygen atoms in total. The maximum absolute atomic E-state index is 13.3. The number of carbonyl (C=O) groups excluding carboxylic acids is 2. The molecule has 0 atom stereocenters. The largest absolute Gasteiger partial charge is 0.465 e. The molecule has 1 heterocycles. The van der Waals surface area contributed by atoms with Crippen LogP contribution in [0.5, 0.6) is 0 Å². The van der Waals surface area contributed by atoms with Gasteiger partial charge in [0.1, 0.15) is 0 Å². The molecule has 0 aliphatic rings. The molecule has 0 saturated carbocycles. The van der Waals surface area contributed by atoms with Crippen LogP contribution in [0.2, 0.25) is 0 Å². The first kappa shape index (κ1) is 19.0. The van der Waals surface area contributed by atoms with Crippen LogP contribution < -0.4 is 4.90 Å². The average molecular weight is 383 g/mol. The van der Waals surface area contributed by atoms with E-state index in [9.17, 15) is 9.59 Å². The molecule has 0 unspecified atom stereocenters. The summed E-state index contributed by atoms with van der Waals surface area (Å²) < 4.78 is 5.84. The number of benzene rings is 2. The molecule has 1 amide bonds. The zero-order valence-electron chi connectivity index (χ0n) is 15.5. The summed E-state index contributed by atoms with van der Waals surface area (Å²) >= 11 is 1.46. The fourth-order valence-electron chi connectivity index (χ4n) is 2.66. The van der Waals surface area contributed by atoms with Gasteiger partial charge in [0.05, 0.1) is 28.5 Å². The Morgan fingerprint density at radius 3 is 2.33 bits per heavy atom. The van der Waals surface area contributed by atoms with Crippen LogP contribution in [0.3, 0.4) is 0 Å². The fraction of sp³-hybridized carbons (Fsp3) is 0.250. The molecule has 0 fully saturated rings. The van der Waals surface area contributed by atoms with E-state index in [2.05, 4.69) is 4.98 Å². The van der Waals surface area contributed by atoms with Gasteiger partial charge in [-0.1, -0.05) is 35.6 Å². The summed E-state index contributed by atoms with van der Waals surface area (Å²) in [7, 11) is 5.20. The van der Waals surface area contributed by atoms with Crippen molar-refractivity contribution in [2.24, 2.45) is 0 Å². The van der Waals surface area contributed by atoms with Gasteiger partial charge in [-0.25, -0.2) is 9.78 Å². The molecule has 0 aliphatic carbocycles. The number of nitrogens with zero attached hydrogens (tertiary/aromatic N) is 3. The number of ether oxygens (including phenoxy) is 1. The summed E-state index contributed by atoms with van der Waals surface area (Å²) in [5, 5.41) is 0.614. The van der Waals surface area contributed by atoms with Gasteiger partial charge in [-0.2, -0.15) is 0 Å². The van der Waals surface area contributed by atoms with Crippen molar-refractivity contribution in [3.05, 3.63) is 59.7 Å². The minimum Gasteiger partial charge on any atom is -0.465 e. The Hall–Kier alpha value is -2.77. The Morgan fingerprint density at radius 1 is 1.00 bits per heavy atom. The van der Waals surface area contributed by atoms with Crippen LogP contribution in [0.15, 0.2) is 48.5 Å². The number of carbonyl (C=O) groups is 2. The number of esters is 1. The third kappa shape index (κ3) is 4.15. The molecule has 0 saturated heterocycles. The SMILES string of the molecule is COC(=O)c1ccccc1C(=O)N(CCN(C)C)c1nc2ccccc2s1. The third-order valence-corrected chi connectivity index (χ3v) is 5.15. The average Bonchev–Trinajstić information content (AvgIpc) is 3.10. The van der Waals surface area contributed by atoms with E-state index in [1.807, 2.05) is 43.3 Å². The number of fused-ring (bicyclic) bond motifs is 1. The lowest BCUT2D eigenvalue weighted by Crippen LogP contribution is -2.37. The number of thiazole rings is 1. The highest BCUT2D eigenvalue weighted by atomic mass is 32.1. The molecule has 0 radical (unpaired) electrons. The van der Waals surface area contributed by atoms with Crippen molar-refractivity contribution in [2.75, 3.05) is 39.2 Å². The van der Waals surface area contributed by atoms with Gasteiger partial charge < -0.3 is 9.64 Å². The van der Waals surface area contributed by atoms with Crippen molar-refractivity contribution in [3.63, 3.8) is 0 Å². The lowest BCUT2D eigenvalue weighted by Gasteiger charge is -2.22. The standard InChI is InChI=1S/C20H21N3O3S/c1-22(2)12-13-23(20-21-16-10-6-7-11-17(16)27-20)18(24)14-8-4-5-9-15(14)19(25)26-3/h4-11H,12-13H2,1-3H3. The highest BCUT2D eigenvalue weighted by Gasteiger charge is 2.25. The highest BCUT2D eigenvalue weighted by Crippen LogP contribution is 2.30. The second kappa shape index (κ2) is 8.28. The van der Waals surface area contributed by atoms with Gasteiger partial charge in [0.2, 0.25) is 0 Å². The maximum Gasteiger partial charge on any atom is 0.338 e. The van der Waals surface area contributed by atoms with E-state index in [1.165, 1.54) is 18.4 Å². The molecule has 0 aliphatic heterocycles. The normalized spacial score (nSPS) is 11.0. The summed E-state index contributed by atoms with van der Waals surface area (Å²) in [6.07, 6.45) is 0. The zero-order chi connectivity index (χ0) is 19.4. The molecule has 7 heteroatoms. The zero-order valence-corrected chi connectivity index (χ0v) is 16.3. The predicted molar refractivity (Wildman–Crippen MR) is 108 cm³/mol. The minimum atomic E-state index is -0.532. The summed E-state index contributed by atoms with van der Waals surface area (Å²) in [5.41, 5.74) is 1.41. The Morgan fingerprint density at radius 2 is 1.67 bits per heavy atom. The number of rotatable bonds is 6. The van der Waals surface area contributed by atoms with Crippen LogP contribution in [-0.4, -0.2) is 56.1 Å². The molecular formula is C20H21N3O3S. The van der Waals surface area contributed by atoms with Crippen molar-refractivity contribution in [1.82, 2.24) is 9.88 Å². The Balaban J connectivity index is 2.03. The van der Waals surface area contributed by atoms with E-state index >= 15 is 0 Å². The molecule has 1 aromatic heterocycles. The first-order valence-corrected chi connectivity index (χ1v) is 9.32. The van der Waals surface area contributed by atoms with Crippen molar-refractivity contribution in [1.29, 1.82) is 0 Å². The minimum absolute atomic E-state index is 0.251. The van der Waals surface area contributed by atoms with Gasteiger partial charge in [0.25, 0.3) is 5.91 Å².